The van der Waals surface area contributed by atoms with Crippen molar-refractivity contribution < 1.29 is 83.7 Å². The summed E-state index contributed by atoms with van der Waals surface area (Å²) in [4.78, 5) is 39.7. The average molecular weight is 899 g/mol. The van der Waals surface area contributed by atoms with Gasteiger partial charge in [0.2, 0.25) is 11.8 Å². The fraction of sp³-hybridized carbons (Fsp3) is 0.925. The zero-order valence-corrected chi connectivity index (χ0v) is 39.3. The first-order valence-electron chi connectivity index (χ1n) is 20.6. The minimum atomic E-state index is -0.412. The lowest BCUT2D eigenvalue weighted by atomic mass is 9.92. The summed E-state index contributed by atoms with van der Waals surface area (Å²) >= 11 is 0. The molecule has 0 aromatic carbocycles. The monoisotopic (exact) mass is 896 g/mol. The number of piperidine rings is 2. The van der Waals surface area contributed by atoms with Crippen molar-refractivity contribution in [3.8, 4) is 0 Å². The molecule has 4 unspecified atom stereocenters. The topological polar surface area (TPSA) is 193 Å². The van der Waals surface area contributed by atoms with Crippen molar-refractivity contribution >= 4 is 17.6 Å². The Morgan fingerprint density at radius 1 is 0.649 bits per heavy atom. The standard InChI is InChI=1S/C20H39N3O3.C18H35N3O2.C2H6O2.4ClH/c1-15(2)13-17(21)14-18(16(3)4)22-8-5-19(24)23-9-6-20(7-10-23)25-11-12-26-20;1-13(2)11-15(19)12-17(14(3)4)20-8-5-18(23)21-9-6-16(22)7-10-21;3-1-2-4;;;;/h15-18,22H,5-14,21H2,1-4H3;13-15,17,20H,5-12,19H2,1-4H3;3-4H,1-2H2;4*1H/p-4. The summed E-state index contributed by atoms with van der Waals surface area (Å²) in [7, 11) is 0. The summed E-state index contributed by atoms with van der Waals surface area (Å²) in [5, 5.41) is 22.3. The number of nitrogens with one attached hydrogen (secondary N) is 2. The van der Waals surface area contributed by atoms with Crippen LogP contribution in [0.3, 0.4) is 0 Å². The molecule has 17 heteroatoms. The van der Waals surface area contributed by atoms with Crippen LogP contribution in [0.25, 0.3) is 0 Å². The van der Waals surface area contributed by atoms with Crippen molar-refractivity contribution in [3.63, 3.8) is 0 Å². The van der Waals surface area contributed by atoms with Crippen LogP contribution in [0.15, 0.2) is 0 Å². The Labute approximate surface area is 370 Å². The number of aliphatic hydroxyl groups is 2. The molecular weight excluding hydrogens is 818 g/mol. The van der Waals surface area contributed by atoms with Gasteiger partial charge in [-0.25, -0.2) is 0 Å². The van der Waals surface area contributed by atoms with Crippen LogP contribution in [0.5, 0.6) is 0 Å². The second kappa shape index (κ2) is 35.1. The number of hydrogen-bond donors (Lipinski definition) is 6. The smallest absolute Gasteiger partial charge is 0.223 e. The maximum atomic E-state index is 12.5. The van der Waals surface area contributed by atoms with Gasteiger partial charge in [0, 0.05) is 102 Å². The molecule has 57 heavy (non-hydrogen) atoms. The molecule has 1 spiro atoms. The van der Waals surface area contributed by atoms with E-state index in [1.54, 1.807) is 0 Å². The maximum Gasteiger partial charge on any atom is 0.223 e. The third-order valence-corrected chi connectivity index (χ3v) is 10.2. The highest BCUT2D eigenvalue weighted by Gasteiger charge is 2.40. The Hall–Kier alpha value is -0.550. The highest BCUT2D eigenvalue weighted by atomic mass is 35.5. The molecule has 4 atom stereocenters. The van der Waals surface area contributed by atoms with Gasteiger partial charge in [0.05, 0.1) is 26.4 Å². The molecule has 0 bridgehead atoms. The Bertz CT molecular complexity index is 1010. The molecule has 3 aliphatic rings. The van der Waals surface area contributed by atoms with Crippen molar-refractivity contribution in [1.82, 2.24) is 20.4 Å². The van der Waals surface area contributed by atoms with Gasteiger partial charge in [-0.2, -0.15) is 0 Å². The molecule has 0 radical (unpaired) electrons. The normalized spacial score (nSPS) is 18.2. The highest BCUT2D eigenvalue weighted by molar-refractivity contribution is 5.83. The van der Waals surface area contributed by atoms with Gasteiger partial charge in [0.1, 0.15) is 5.78 Å². The number of ether oxygens (including phenoxy) is 2. The Kier molecular flexibility index (Phi) is 38.8. The summed E-state index contributed by atoms with van der Waals surface area (Å²) in [6.07, 6.45) is 7.61. The number of aliphatic hydroxyl groups excluding tert-OH is 2. The molecule has 2 amide bonds. The number of halogens is 4. The van der Waals surface area contributed by atoms with E-state index < -0.39 is 5.79 Å². The molecule has 3 saturated heterocycles. The second-order valence-corrected chi connectivity index (χ2v) is 16.7. The van der Waals surface area contributed by atoms with Gasteiger partial charge in [-0.05, 0) is 49.4 Å². The molecule has 0 saturated carbocycles. The quantitative estimate of drug-likeness (QED) is 0.0723. The van der Waals surface area contributed by atoms with E-state index in [9.17, 15) is 14.4 Å². The number of carbonyl (C=O) groups is 3. The van der Waals surface area contributed by atoms with Crippen LogP contribution in [0.2, 0.25) is 0 Å². The summed E-state index contributed by atoms with van der Waals surface area (Å²) < 4.78 is 11.5. The van der Waals surface area contributed by atoms with Crippen molar-refractivity contribution in [2.45, 2.75) is 150 Å². The van der Waals surface area contributed by atoms with Crippen molar-refractivity contribution in [2.24, 2.45) is 35.1 Å². The maximum absolute atomic E-state index is 12.5. The molecule has 3 heterocycles. The van der Waals surface area contributed by atoms with Crippen LogP contribution < -0.4 is 71.7 Å². The third-order valence-electron chi connectivity index (χ3n) is 10.2. The predicted molar refractivity (Wildman–Crippen MR) is 212 cm³/mol. The molecule has 3 fully saturated rings. The number of amides is 2. The SMILES string of the molecule is CC(C)CC(N)CC(NCCC(=O)N1CCC(=O)CC1)C(C)C.CC(C)CC(N)CC(NCCC(=O)N1CCC2(CC1)OCCO2)C(C)C.OCCO.[Cl-].[Cl-].[Cl-].[Cl-]. The molecule has 3 rings (SSSR count). The lowest BCUT2D eigenvalue weighted by molar-refractivity contribution is -0.187. The summed E-state index contributed by atoms with van der Waals surface area (Å²) in [6.45, 7) is 22.7. The molecule has 3 aliphatic heterocycles. The molecule has 344 valence electrons. The molecule has 0 aromatic rings. The van der Waals surface area contributed by atoms with E-state index in [4.69, 9.17) is 31.2 Å². The van der Waals surface area contributed by atoms with Gasteiger partial charge in [-0.15, -0.1) is 0 Å². The van der Waals surface area contributed by atoms with Crippen LogP contribution in [-0.2, 0) is 23.9 Å². The number of rotatable bonds is 19. The van der Waals surface area contributed by atoms with Gasteiger partial charge in [-0.1, -0.05) is 55.4 Å². The van der Waals surface area contributed by atoms with E-state index in [-0.39, 0.29) is 92.5 Å². The number of hydrogen-bond acceptors (Lipinski definition) is 11. The largest absolute Gasteiger partial charge is 1.00 e. The van der Waals surface area contributed by atoms with E-state index in [0.29, 0.717) is 101 Å². The van der Waals surface area contributed by atoms with E-state index >= 15 is 0 Å². The van der Waals surface area contributed by atoms with Gasteiger partial charge in [-0.3, -0.25) is 14.4 Å². The van der Waals surface area contributed by atoms with Crippen molar-refractivity contribution in [1.29, 1.82) is 0 Å². The molecule has 0 aromatic heterocycles. The van der Waals surface area contributed by atoms with Gasteiger partial charge < -0.3 is 101 Å². The number of nitrogens with two attached hydrogens (primary N) is 2. The zero-order valence-electron chi connectivity index (χ0n) is 36.3. The number of ketones is 1. The fourth-order valence-electron chi connectivity index (χ4n) is 7.17. The van der Waals surface area contributed by atoms with Gasteiger partial charge >= 0.3 is 0 Å². The zero-order chi connectivity index (χ0) is 40.0. The Morgan fingerprint density at radius 2 is 1.00 bits per heavy atom. The third kappa shape index (κ3) is 27.8. The number of likely N-dealkylation sites (tertiary alicyclic amines) is 2. The van der Waals surface area contributed by atoms with Crippen molar-refractivity contribution in [2.75, 3.05) is 65.7 Å². The number of carbonyl (C=O) groups excluding carboxylic acids is 3. The first-order valence-corrected chi connectivity index (χ1v) is 20.6. The van der Waals surface area contributed by atoms with Crippen LogP contribution in [0, 0.1) is 23.7 Å². The minimum absolute atomic E-state index is 0. The lowest BCUT2D eigenvalue weighted by Gasteiger charge is -2.37. The average Bonchev–Trinajstić information content (AvgIpc) is 3.54. The lowest BCUT2D eigenvalue weighted by Crippen LogP contribution is -3.00. The summed E-state index contributed by atoms with van der Waals surface area (Å²) in [6, 6.07) is 1.13. The van der Waals surface area contributed by atoms with E-state index in [1.807, 2.05) is 9.80 Å². The van der Waals surface area contributed by atoms with Crippen LogP contribution in [0.1, 0.15) is 120 Å². The van der Waals surface area contributed by atoms with E-state index in [1.165, 1.54) is 0 Å². The minimum Gasteiger partial charge on any atom is -1.00 e. The molecule has 0 aliphatic carbocycles. The van der Waals surface area contributed by atoms with Crippen LogP contribution >= 0.6 is 0 Å². The molecule has 8 N–H and O–H groups in total. The first-order chi connectivity index (χ1) is 25.0. The Balaban J connectivity index is -0.000000425. The van der Waals surface area contributed by atoms with Gasteiger partial charge in [0.15, 0.2) is 5.79 Å². The first kappa shape index (κ1) is 63.1. The van der Waals surface area contributed by atoms with Crippen molar-refractivity contribution in [3.05, 3.63) is 0 Å². The second-order valence-electron chi connectivity index (χ2n) is 16.7. The fourth-order valence-corrected chi connectivity index (χ4v) is 7.17. The molecule has 13 nitrogen and oxygen atoms in total. The highest BCUT2D eigenvalue weighted by Crippen LogP contribution is 2.31. The van der Waals surface area contributed by atoms with E-state index in [0.717, 1.165) is 51.6 Å². The summed E-state index contributed by atoms with van der Waals surface area (Å²) in [5.74, 6) is 2.47. The number of Topliss-reactive ketones (excluding diaryl/α,β-unsaturated/α-hetero) is 1. The number of nitrogens with zero attached hydrogens (tertiary/aromatic N) is 2. The van der Waals surface area contributed by atoms with Gasteiger partial charge in [0.25, 0.3) is 0 Å². The van der Waals surface area contributed by atoms with Crippen LogP contribution in [-0.4, -0.2) is 133 Å². The van der Waals surface area contributed by atoms with Crippen LogP contribution in [0.4, 0.5) is 0 Å². The van der Waals surface area contributed by atoms with E-state index in [2.05, 4.69) is 66.0 Å². The predicted octanol–water partition coefficient (Wildman–Crippen LogP) is -8.95. The summed E-state index contributed by atoms with van der Waals surface area (Å²) in [5.41, 5.74) is 12.5. The molecular formula is C40H80Cl4N6O7-4. The Morgan fingerprint density at radius 3 is 1.32 bits per heavy atom.